The number of hydrogen-bond donors (Lipinski definition) is 6. The van der Waals surface area contributed by atoms with Crippen LogP contribution in [0.25, 0.3) is 0 Å². The fourth-order valence-electron chi connectivity index (χ4n) is 2.46. The zero-order valence-electron chi connectivity index (χ0n) is 17.5. The number of carbonyl (C=O) groups is 5. The maximum Gasteiger partial charge on any atom is 0.326 e. The highest BCUT2D eigenvalue weighted by Crippen LogP contribution is 2.05. The van der Waals surface area contributed by atoms with Crippen LogP contribution in [-0.4, -0.2) is 76.6 Å². The average Bonchev–Trinajstić information content (AvgIpc) is 2.65. The van der Waals surface area contributed by atoms with E-state index < -0.39 is 54.2 Å². The molecule has 12 heteroatoms. The normalized spacial score (nSPS) is 13.8. The smallest absolute Gasteiger partial charge is 0.326 e. The lowest BCUT2D eigenvalue weighted by Gasteiger charge is -2.21. The van der Waals surface area contributed by atoms with Gasteiger partial charge in [0.15, 0.2) is 0 Å². The number of hydrogen-bond acceptors (Lipinski definition) is 7. The number of nitrogens with two attached hydrogens (primary N) is 1. The second-order valence-electron chi connectivity index (χ2n) is 7.19. The Hall–Kier alpha value is -2.34. The summed E-state index contributed by atoms with van der Waals surface area (Å²) in [6.07, 6.45) is 1.77. The molecule has 0 aromatic carbocycles. The first-order valence-electron chi connectivity index (χ1n) is 9.54. The van der Waals surface area contributed by atoms with E-state index in [-0.39, 0.29) is 25.3 Å². The van der Waals surface area contributed by atoms with Crippen molar-refractivity contribution in [3.63, 3.8) is 0 Å². The van der Waals surface area contributed by atoms with E-state index in [1.54, 1.807) is 6.26 Å². The Morgan fingerprint density at radius 3 is 2.10 bits per heavy atom. The first-order chi connectivity index (χ1) is 14.0. The summed E-state index contributed by atoms with van der Waals surface area (Å²) >= 11 is 1.43. The number of aliphatic carboxylic acids is 2. The molecular formula is C18H32N4O7S. The van der Waals surface area contributed by atoms with E-state index in [4.69, 9.17) is 10.8 Å². The highest BCUT2D eigenvalue weighted by molar-refractivity contribution is 7.98. The lowest BCUT2D eigenvalue weighted by molar-refractivity contribution is -0.143. The van der Waals surface area contributed by atoms with Gasteiger partial charge in [-0.05, 0) is 37.2 Å². The van der Waals surface area contributed by atoms with Crippen molar-refractivity contribution < 1.29 is 34.2 Å². The molecule has 0 aliphatic heterocycles. The Kier molecular flexibility index (Phi) is 13.5. The lowest BCUT2D eigenvalue weighted by Crippen LogP contribution is -2.54. The Bertz CT molecular complexity index is 615. The van der Waals surface area contributed by atoms with E-state index in [1.807, 2.05) is 13.8 Å². The highest BCUT2D eigenvalue weighted by atomic mass is 32.2. The van der Waals surface area contributed by atoms with Gasteiger partial charge in [-0.2, -0.15) is 11.8 Å². The van der Waals surface area contributed by atoms with Crippen molar-refractivity contribution in [2.45, 2.75) is 57.7 Å². The van der Waals surface area contributed by atoms with E-state index in [0.29, 0.717) is 12.2 Å². The van der Waals surface area contributed by atoms with E-state index in [0.717, 1.165) is 0 Å². The molecule has 0 fully saturated rings. The summed E-state index contributed by atoms with van der Waals surface area (Å²) in [4.78, 5) is 58.4. The number of carboxylic acids is 2. The third kappa shape index (κ3) is 12.3. The fourth-order valence-corrected chi connectivity index (χ4v) is 2.93. The molecule has 0 spiro atoms. The van der Waals surface area contributed by atoms with Gasteiger partial charge in [0.2, 0.25) is 17.7 Å². The summed E-state index contributed by atoms with van der Waals surface area (Å²) in [5, 5.41) is 25.0. The molecule has 0 bridgehead atoms. The molecule has 172 valence electrons. The van der Waals surface area contributed by atoms with Gasteiger partial charge in [0.25, 0.3) is 0 Å². The minimum atomic E-state index is -1.39. The second-order valence-corrected chi connectivity index (χ2v) is 8.17. The van der Waals surface area contributed by atoms with Crippen molar-refractivity contribution in [2.24, 2.45) is 11.7 Å². The van der Waals surface area contributed by atoms with Crippen molar-refractivity contribution >= 4 is 41.4 Å². The zero-order valence-corrected chi connectivity index (χ0v) is 18.3. The van der Waals surface area contributed by atoms with Gasteiger partial charge in [0.05, 0.1) is 12.6 Å². The van der Waals surface area contributed by atoms with Crippen LogP contribution < -0.4 is 21.7 Å². The molecule has 0 aromatic rings. The van der Waals surface area contributed by atoms with Crippen LogP contribution in [0.3, 0.4) is 0 Å². The third-order valence-electron chi connectivity index (χ3n) is 4.01. The summed E-state index contributed by atoms with van der Waals surface area (Å²) in [5.74, 6) is -3.68. The molecule has 0 saturated heterocycles. The van der Waals surface area contributed by atoms with Crippen molar-refractivity contribution in [1.29, 1.82) is 0 Å². The lowest BCUT2D eigenvalue weighted by atomic mass is 10.0. The fraction of sp³-hybridized carbons (Fsp3) is 0.722. The van der Waals surface area contributed by atoms with Crippen LogP contribution in [0, 0.1) is 5.92 Å². The minimum absolute atomic E-state index is 0.211. The molecule has 0 radical (unpaired) electrons. The van der Waals surface area contributed by atoms with E-state index in [9.17, 15) is 29.1 Å². The molecule has 3 atom stereocenters. The molecule has 0 aromatic heterocycles. The summed E-state index contributed by atoms with van der Waals surface area (Å²) < 4.78 is 0. The molecule has 11 nitrogen and oxygen atoms in total. The summed E-state index contributed by atoms with van der Waals surface area (Å²) in [6, 6.07) is -3.17. The molecule has 0 aliphatic carbocycles. The SMILES string of the molecule is CSCCC(NC(=O)CNC(=O)C(N)CC(C)C)C(=O)NC(CCC(=O)O)C(=O)O. The maximum absolute atomic E-state index is 12.5. The predicted molar refractivity (Wildman–Crippen MR) is 112 cm³/mol. The molecule has 3 unspecified atom stereocenters. The Balaban J connectivity index is 4.86. The molecule has 30 heavy (non-hydrogen) atoms. The van der Waals surface area contributed by atoms with Crippen molar-refractivity contribution in [3.05, 3.63) is 0 Å². The van der Waals surface area contributed by atoms with Gasteiger partial charge in [0.1, 0.15) is 12.1 Å². The molecule has 0 saturated carbocycles. The maximum atomic E-state index is 12.5. The van der Waals surface area contributed by atoms with Crippen molar-refractivity contribution in [3.8, 4) is 0 Å². The summed E-state index contributed by atoms with van der Waals surface area (Å²) in [7, 11) is 0. The van der Waals surface area contributed by atoms with Crippen LogP contribution in [0.2, 0.25) is 0 Å². The number of carboxylic acid groups (broad SMARTS) is 2. The number of nitrogens with one attached hydrogen (secondary N) is 3. The van der Waals surface area contributed by atoms with Gasteiger partial charge in [-0.25, -0.2) is 4.79 Å². The molecule has 7 N–H and O–H groups in total. The monoisotopic (exact) mass is 448 g/mol. The van der Waals surface area contributed by atoms with Gasteiger partial charge >= 0.3 is 11.9 Å². The zero-order chi connectivity index (χ0) is 23.3. The molecular weight excluding hydrogens is 416 g/mol. The highest BCUT2D eigenvalue weighted by Gasteiger charge is 2.27. The van der Waals surface area contributed by atoms with Crippen LogP contribution >= 0.6 is 11.8 Å². The van der Waals surface area contributed by atoms with Crippen molar-refractivity contribution in [1.82, 2.24) is 16.0 Å². The van der Waals surface area contributed by atoms with Crippen LogP contribution in [-0.2, 0) is 24.0 Å². The van der Waals surface area contributed by atoms with Gasteiger partial charge < -0.3 is 31.9 Å². The van der Waals surface area contributed by atoms with Gasteiger partial charge in [0, 0.05) is 6.42 Å². The summed E-state index contributed by atoms with van der Waals surface area (Å²) in [6.45, 7) is 3.44. The minimum Gasteiger partial charge on any atom is -0.481 e. The van der Waals surface area contributed by atoms with Crippen LogP contribution in [0.4, 0.5) is 0 Å². The van der Waals surface area contributed by atoms with Gasteiger partial charge in [-0.3, -0.25) is 19.2 Å². The Labute approximate surface area is 179 Å². The first kappa shape index (κ1) is 27.7. The third-order valence-corrected chi connectivity index (χ3v) is 4.65. The molecule has 0 heterocycles. The van der Waals surface area contributed by atoms with Crippen LogP contribution in [0.5, 0.6) is 0 Å². The first-order valence-corrected chi connectivity index (χ1v) is 10.9. The van der Waals surface area contributed by atoms with Crippen LogP contribution in [0.1, 0.15) is 39.5 Å². The topological polar surface area (TPSA) is 188 Å². The quantitative estimate of drug-likeness (QED) is 0.185. The number of amides is 3. The van der Waals surface area contributed by atoms with E-state index in [1.165, 1.54) is 11.8 Å². The number of rotatable bonds is 15. The van der Waals surface area contributed by atoms with Gasteiger partial charge in [-0.1, -0.05) is 13.8 Å². The standard InChI is InChI=1S/C18H32N4O7S/c1-10(2)8-11(19)16(26)20-9-14(23)21-12(6-7-30-3)17(27)22-13(18(28)29)4-5-15(24)25/h10-13H,4-9,19H2,1-3H3,(H,20,26)(H,21,23)(H,22,27)(H,24,25)(H,28,29). The van der Waals surface area contributed by atoms with Gasteiger partial charge in [-0.15, -0.1) is 0 Å². The number of carbonyl (C=O) groups excluding carboxylic acids is 3. The van der Waals surface area contributed by atoms with E-state index >= 15 is 0 Å². The Morgan fingerprint density at radius 2 is 1.60 bits per heavy atom. The number of thioether (sulfide) groups is 1. The van der Waals surface area contributed by atoms with Crippen molar-refractivity contribution in [2.75, 3.05) is 18.6 Å². The molecule has 0 rings (SSSR count). The predicted octanol–water partition coefficient (Wildman–Crippen LogP) is -0.852. The summed E-state index contributed by atoms with van der Waals surface area (Å²) in [5.41, 5.74) is 5.74. The Morgan fingerprint density at radius 1 is 0.967 bits per heavy atom. The molecule has 0 aliphatic rings. The average molecular weight is 449 g/mol. The largest absolute Gasteiger partial charge is 0.481 e. The van der Waals surface area contributed by atoms with Crippen LogP contribution in [0.15, 0.2) is 0 Å². The second kappa shape index (κ2) is 14.6. The molecule has 3 amide bonds. The van der Waals surface area contributed by atoms with E-state index in [2.05, 4.69) is 16.0 Å².